The first-order chi connectivity index (χ1) is 9.97. The van der Waals surface area contributed by atoms with Crippen LogP contribution in [-0.2, 0) is 0 Å². The number of benzene rings is 1. The second-order valence-corrected chi connectivity index (χ2v) is 5.80. The molecule has 0 bridgehead atoms. The lowest BCUT2D eigenvalue weighted by molar-refractivity contribution is -0.385. The molecule has 1 aliphatic rings. The van der Waals surface area contributed by atoms with Gasteiger partial charge in [-0.1, -0.05) is 19.8 Å². The molecule has 1 aliphatic carbocycles. The predicted molar refractivity (Wildman–Crippen MR) is 79.7 cm³/mol. The van der Waals surface area contributed by atoms with E-state index in [1.807, 2.05) is 0 Å². The SMILES string of the molecule is CC1CCC(CNc2ccc([N+](=O)[O-])c(C(=O)O)c2)CC1. The fraction of sp³-hybridized carbons (Fsp3) is 0.533. The van der Waals surface area contributed by atoms with Crippen molar-refractivity contribution < 1.29 is 14.8 Å². The number of nitro groups is 1. The summed E-state index contributed by atoms with van der Waals surface area (Å²) in [6, 6.07) is 4.15. The second kappa shape index (κ2) is 6.56. The van der Waals surface area contributed by atoms with E-state index >= 15 is 0 Å². The molecule has 21 heavy (non-hydrogen) atoms. The third kappa shape index (κ3) is 3.93. The summed E-state index contributed by atoms with van der Waals surface area (Å²) in [7, 11) is 0. The van der Waals surface area contributed by atoms with E-state index < -0.39 is 10.9 Å². The highest BCUT2D eigenvalue weighted by molar-refractivity contribution is 5.93. The highest BCUT2D eigenvalue weighted by atomic mass is 16.6. The van der Waals surface area contributed by atoms with Crippen LogP contribution in [0.4, 0.5) is 11.4 Å². The Kier molecular flexibility index (Phi) is 4.77. The van der Waals surface area contributed by atoms with E-state index in [0.717, 1.165) is 12.5 Å². The maximum atomic E-state index is 11.1. The van der Waals surface area contributed by atoms with Crippen LogP contribution in [0.15, 0.2) is 18.2 Å². The Morgan fingerprint density at radius 3 is 2.62 bits per heavy atom. The van der Waals surface area contributed by atoms with E-state index in [1.54, 1.807) is 6.07 Å². The molecule has 0 atom stereocenters. The Bertz CT molecular complexity index is 536. The molecule has 1 fully saturated rings. The van der Waals surface area contributed by atoms with E-state index in [9.17, 15) is 14.9 Å². The van der Waals surface area contributed by atoms with Gasteiger partial charge in [0, 0.05) is 18.3 Å². The van der Waals surface area contributed by atoms with Crippen molar-refractivity contribution >= 4 is 17.3 Å². The summed E-state index contributed by atoms with van der Waals surface area (Å²) in [5.41, 5.74) is -0.0292. The van der Waals surface area contributed by atoms with Crippen LogP contribution in [0.2, 0.25) is 0 Å². The highest BCUT2D eigenvalue weighted by Gasteiger charge is 2.21. The number of nitro benzene ring substituents is 1. The number of carboxylic acid groups (broad SMARTS) is 1. The molecule has 0 radical (unpaired) electrons. The van der Waals surface area contributed by atoms with Crippen LogP contribution < -0.4 is 5.32 Å². The molecule has 0 spiro atoms. The fourth-order valence-electron chi connectivity index (χ4n) is 2.77. The minimum absolute atomic E-state index is 0.276. The molecule has 2 rings (SSSR count). The molecule has 6 nitrogen and oxygen atoms in total. The van der Waals surface area contributed by atoms with Crippen LogP contribution in [0.5, 0.6) is 0 Å². The minimum Gasteiger partial charge on any atom is -0.477 e. The summed E-state index contributed by atoms with van der Waals surface area (Å²) >= 11 is 0. The smallest absolute Gasteiger partial charge is 0.342 e. The lowest BCUT2D eigenvalue weighted by Gasteiger charge is -2.26. The Morgan fingerprint density at radius 2 is 2.05 bits per heavy atom. The molecule has 0 saturated heterocycles. The van der Waals surface area contributed by atoms with Crippen LogP contribution in [0, 0.1) is 22.0 Å². The zero-order valence-corrected chi connectivity index (χ0v) is 12.0. The van der Waals surface area contributed by atoms with Gasteiger partial charge in [-0.2, -0.15) is 0 Å². The van der Waals surface area contributed by atoms with Crippen molar-refractivity contribution in [3.63, 3.8) is 0 Å². The van der Waals surface area contributed by atoms with Crippen molar-refractivity contribution in [1.29, 1.82) is 0 Å². The monoisotopic (exact) mass is 292 g/mol. The van der Waals surface area contributed by atoms with Crippen LogP contribution in [-0.4, -0.2) is 22.5 Å². The quantitative estimate of drug-likeness (QED) is 0.639. The number of anilines is 1. The number of nitrogens with zero attached hydrogens (tertiary/aromatic N) is 1. The molecule has 1 aromatic rings. The molecule has 6 heteroatoms. The predicted octanol–water partition coefficient (Wildman–Crippen LogP) is 3.53. The Labute approximate surface area is 123 Å². The number of nitrogens with one attached hydrogen (secondary N) is 1. The van der Waals surface area contributed by atoms with Gasteiger partial charge in [0.1, 0.15) is 5.56 Å². The van der Waals surface area contributed by atoms with Gasteiger partial charge in [-0.15, -0.1) is 0 Å². The third-order valence-corrected chi connectivity index (χ3v) is 4.15. The fourth-order valence-corrected chi connectivity index (χ4v) is 2.77. The minimum atomic E-state index is -1.28. The van der Waals surface area contributed by atoms with Gasteiger partial charge in [-0.3, -0.25) is 10.1 Å². The standard InChI is InChI=1S/C15H20N2O4/c1-10-2-4-11(5-3-10)9-16-12-6-7-14(17(20)21)13(8-12)15(18)19/h6-8,10-11,16H,2-5,9H2,1H3,(H,18,19). The lowest BCUT2D eigenvalue weighted by atomic mass is 9.83. The molecule has 0 amide bonds. The van der Waals surface area contributed by atoms with E-state index in [4.69, 9.17) is 5.11 Å². The summed E-state index contributed by atoms with van der Waals surface area (Å²) in [5.74, 6) is 0.0979. The van der Waals surface area contributed by atoms with Crippen LogP contribution in [0.1, 0.15) is 43.0 Å². The Morgan fingerprint density at radius 1 is 1.38 bits per heavy atom. The molecule has 2 N–H and O–H groups in total. The van der Waals surface area contributed by atoms with E-state index in [-0.39, 0.29) is 11.3 Å². The third-order valence-electron chi connectivity index (χ3n) is 4.15. The summed E-state index contributed by atoms with van der Waals surface area (Å²) in [4.78, 5) is 21.2. The topological polar surface area (TPSA) is 92.5 Å². The molecule has 0 aromatic heterocycles. The van der Waals surface area contributed by atoms with Gasteiger partial charge in [-0.25, -0.2) is 4.79 Å². The van der Waals surface area contributed by atoms with Gasteiger partial charge in [-0.05, 0) is 36.8 Å². The first kappa shape index (κ1) is 15.3. The number of aromatic carboxylic acids is 1. The summed E-state index contributed by atoms with van der Waals surface area (Å²) in [6.07, 6.45) is 4.81. The van der Waals surface area contributed by atoms with Crippen molar-refractivity contribution in [2.75, 3.05) is 11.9 Å². The molecule has 0 unspecified atom stereocenters. The summed E-state index contributed by atoms with van der Waals surface area (Å²) in [5, 5.41) is 23.1. The van der Waals surface area contributed by atoms with E-state index in [0.29, 0.717) is 11.6 Å². The number of rotatable bonds is 5. The highest BCUT2D eigenvalue weighted by Crippen LogP contribution is 2.29. The van der Waals surface area contributed by atoms with Crippen molar-refractivity contribution in [2.45, 2.75) is 32.6 Å². The Balaban J connectivity index is 2.02. The maximum absolute atomic E-state index is 11.1. The normalized spacial score (nSPS) is 21.8. The van der Waals surface area contributed by atoms with Crippen LogP contribution in [0.25, 0.3) is 0 Å². The van der Waals surface area contributed by atoms with Gasteiger partial charge < -0.3 is 10.4 Å². The van der Waals surface area contributed by atoms with Crippen molar-refractivity contribution in [3.8, 4) is 0 Å². The van der Waals surface area contributed by atoms with Gasteiger partial charge in [0.2, 0.25) is 0 Å². The van der Waals surface area contributed by atoms with Crippen LogP contribution >= 0.6 is 0 Å². The number of hydrogen-bond acceptors (Lipinski definition) is 4. The molecule has 1 saturated carbocycles. The van der Waals surface area contributed by atoms with E-state index in [2.05, 4.69) is 12.2 Å². The number of hydrogen-bond donors (Lipinski definition) is 2. The molecule has 0 heterocycles. The average molecular weight is 292 g/mol. The van der Waals surface area contributed by atoms with E-state index in [1.165, 1.54) is 37.8 Å². The van der Waals surface area contributed by atoms with Gasteiger partial charge >= 0.3 is 5.97 Å². The summed E-state index contributed by atoms with van der Waals surface area (Å²) < 4.78 is 0. The van der Waals surface area contributed by atoms with Crippen molar-refractivity contribution in [2.24, 2.45) is 11.8 Å². The lowest BCUT2D eigenvalue weighted by Crippen LogP contribution is -2.20. The zero-order chi connectivity index (χ0) is 15.4. The number of carboxylic acids is 1. The molecular formula is C15H20N2O4. The zero-order valence-electron chi connectivity index (χ0n) is 12.0. The first-order valence-corrected chi connectivity index (χ1v) is 7.23. The first-order valence-electron chi connectivity index (χ1n) is 7.23. The van der Waals surface area contributed by atoms with Gasteiger partial charge in [0.15, 0.2) is 0 Å². The average Bonchev–Trinajstić information content (AvgIpc) is 2.46. The Hall–Kier alpha value is -2.11. The maximum Gasteiger partial charge on any atom is 0.342 e. The molecule has 114 valence electrons. The molecule has 1 aromatic carbocycles. The van der Waals surface area contributed by atoms with Crippen LogP contribution in [0.3, 0.4) is 0 Å². The second-order valence-electron chi connectivity index (χ2n) is 5.80. The molecule has 0 aliphatic heterocycles. The largest absolute Gasteiger partial charge is 0.477 e. The number of carbonyl (C=O) groups is 1. The molecular weight excluding hydrogens is 272 g/mol. The van der Waals surface area contributed by atoms with Crippen molar-refractivity contribution in [3.05, 3.63) is 33.9 Å². The van der Waals surface area contributed by atoms with Crippen molar-refractivity contribution in [1.82, 2.24) is 0 Å². The van der Waals surface area contributed by atoms with Gasteiger partial charge in [0.05, 0.1) is 4.92 Å². The van der Waals surface area contributed by atoms with Gasteiger partial charge in [0.25, 0.3) is 5.69 Å². The summed E-state index contributed by atoms with van der Waals surface area (Å²) in [6.45, 7) is 3.04.